The summed E-state index contributed by atoms with van der Waals surface area (Å²) in [6, 6.07) is 2.17. The maximum absolute atomic E-state index is 6.82. The molecule has 0 aliphatic heterocycles. The summed E-state index contributed by atoms with van der Waals surface area (Å²) in [5.41, 5.74) is 7.71. The predicted molar refractivity (Wildman–Crippen MR) is 116 cm³/mol. The van der Waals surface area contributed by atoms with Gasteiger partial charge in [-0.2, -0.15) is 0 Å². The van der Waals surface area contributed by atoms with Crippen LogP contribution in [0.4, 0.5) is 0 Å². The van der Waals surface area contributed by atoms with E-state index in [1.54, 1.807) is 0 Å². The lowest BCUT2D eigenvalue weighted by atomic mass is 9.44. The maximum Gasteiger partial charge on any atom is 0.102 e. The Bertz CT molecular complexity index is 702. The standard InChI is InChI=1S/C26H41NO2/c1-24-12-4-3-6-19(24)7-8-21-22(24)9-13-25(2)23(21)10-14-26(25,29-16-5-15-27)20-11-17-28-18-20/h11,17-19,21-23H,3-10,12-16,27H2,1-2H3/t19-,21+,22-,23-,24-,25-,26-/m0/s1. The van der Waals surface area contributed by atoms with Crippen molar-refractivity contribution in [2.45, 2.75) is 90.1 Å². The molecular formula is C26H41NO2. The molecule has 0 bridgehead atoms. The van der Waals surface area contributed by atoms with Crippen molar-refractivity contribution in [2.75, 3.05) is 13.2 Å². The summed E-state index contributed by atoms with van der Waals surface area (Å²) in [5.74, 6) is 3.60. The second-order valence-corrected chi connectivity index (χ2v) is 11.2. The molecular weight excluding hydrogens is 358 g/mol. The van der Waals surface area contributed by atoms with Gasteiger partial charge in [0.2, 0.25) is 0 Å². The van der Waals surface area contributed by atoms with Gasteiger partial charge in [-0.05, 0) is 99.5 Å². The second kappa shape index (κ2) is 7.41. The third kappa shape index (κ3) is 2.82. The van der Waals surface area contributed by atoms with E-state index < -0.39 is 0 Å². The molecule has 3 heteroatoms. The van der Waals surface area contributed by atoms with E-state index in [9.17, 15) is 0 Å². The van der Waals surface area contributed by atoms with E-state index in [0.29, 0.717) is 12.0 Å². The number of fused-ring (bicyclic) bond motifs is 5. The molecule has 1 aromatic heterocycles. The Morgan fingerprint density at radius 2 is 1.90 bits per heavy atom. The quantitative estimate of drug-likeness (QED) is 0.593. The summed E-state index contributed by atoms with van der Waals surface area (Å²) >= 11 is 0. The first-order valence-electron chi connectivity index (χ1n) is 12.4. The van der Waals surface area contributed by atoms with Crippen molar-refractivity contribution in [2.24, 2.45) is 40.2 Å². The fourth-order valence-electron chi connectivity index (χ4n) is 8.91. The molecule has 0 amide bonds. The first kappa shape index (κ1) is 20.1. The number of nitrogens with two attached hydrogens (primary N) is 1. The summed E-state index contributed by atoms with van der Waals surface area (Å²) in [6.07, 6.45) is 18.7. The van der Waals surface area contributed by atoms with E-state index in [1.807, 2.05) is 12.5 Å². The molecule has 29 heavy (non-hydrogen) atoms. The topological polar surface area (TPSA) is 48.4 Å². The van der Waals surface area contributed by atoms with E-state index in [2.05, 4.69) is 19.9 Å². The lowest BCUT2D eigenvalue weighted by molar-refractivity contribution is -0.178. The summed E-state index contributed by atoms with van der Waals surface area (Å²) in [6.45, 7) is 6.70. The van der Waals surface area contributed by atoms with Crippen molar-refractivity contribution in [3.8, 4) is 0 Å². The molecule has 1 heterocycles. The molecule has 4 saturated carbocycles. The number of hydrogen-bond donors (Lipinski definition) is 1. The van der Waals surface area contributed by atoms with Crippen LogP contribution in [0.15, 0.2) is 23.0 Å². The Labute approximate surface area is 177 Å². The Hall–Kier alpha value is -0.800. The predicted octanol–water partition coefficient (Wildman–Crippen LogP) is 6.27. The Morgan fingerprint density at radius 3 is 2.69 bits per heavy atom. The molecule has 0 spiro atoms. The number of ether oxygens (including phenoxy) is 1. The molecule has 4 aliphatic carbocycles. The van der Waals surface area contributed by atoms with Gasteiger partial charge in [0.15, 0.2) is 0 Å². The van der Waals surface area contributed by atoms with E-state index in [4.69, 9.17) is 14.9 Å². The fraction of sp³-hybridized carbons (Fsp3) is 0.846. The normalized spacial score (nSPS) is 46.7. The van der Waals surface area contributed by atoms with Crippen LogP contribution >= 0.6 is 0 Å². The van der Waals surface area contributed by atoms with Crippen LogP contribution in [-0.2, 0) is 10.3 Å². The smallest absolute Gasteiger partial charge is 0.102 e. The molecule has 2 N–H and O–H groups in total. The molecule has 0 saturated heterocycles. The summed E-state index contributed by atoms with van der Waals surface area (Å²) < 4.78 is 12.4. The SMILES string of the molecule is C[C@]12CCCC[C@H]1CC[C@@H]1[C@@H]2CC[C@@]2(C)[C@H]1CC[C@]2(OCCCN)c1ccoc1. The van der Waals surface area contributed by atoms with E-state index in [1.165, 1.54) is 63.4 Å². The van der Waals surface area contributed by atoms with Gasteiger partial charge in [-0.25, -0.2) is 0 Å². The Morgan fingerprint density at radius 1 is 1.03 bits per heavy atom. The van der Waals surface area contributed by atoms with Gasteiger partial charge in [0.25, 0.3) is 0 Å². The van der Waals surface area contributed by atoms with Gasteiger partial charge in [-0.15, -0.1) is 0 Å². The van der Waals surface area contributed by atoms with Gasteiger partial charge in [0.05, 0.1) is 12.5 Å². The second-order valence-electron chi connectivity index (χ2n) is 11.2. The van der Waals surface area contributed by atoms with E-state index in [0.717, 1.165) is 43.1 Å². The molecule has 5 rings (SSSR count). The molecule has 162 valence electrons. The fourth-order valence-corrected chi connectivity index (χ4v) is 8.91. The highest BCUT2D eigenvalue weighted by atomic mass is 16.5. The molecule has 1 aromatic rings. The summed E-state index contributed by atoms with van der Waals surface area (Å²) in [4.78, 5) is 0. The molecule has 4 aliphatic rings. The number of rotatable bonds is 5. The van der Waals surface area contributed by atoms with Gasteiger partial charge >= 0.3 is 0 Å². The average molecular weight is 400 g/mol. The minimum atomic E-state index is -0.185. The highest BCUT2D eigenvalue weighted by Crippen LogP contribution is 2.71. The molecule has 0 radical (unpaired) electrons. The number of furan rings is 1. The van der Waals surface area contributed by atoms with Crippen LogP contribution in [0, 0.1) is 34.5 Å². The van der Waals surface area contributed by atoms with Crippen LogP contribution in [0.2, 0.25) is 0 Å². The van der Waals surface area contributed by atoms with Gasteiger partial charge in [-0.3, -0.25) is 0 Å². The van der Waals surface area contributed by atoms with Crippen molar-refractivity contribution in [3.05, 3.63) is 24.2 Å². The third-order valence-electron chi connectivity index (χ3n) is 10.4. The first-order valence-corrected chi connectivity index (χ1v) is 12.4. The summed E-state index contributed by atoms with van der Waals surface area (Å²) in [7, 11) is 0. The minimum absolute atomic E-state index is 0.185. The van der Waals surface area contributed by atoms with Crippen molar-refractivity contribution in [3.63, 3.8) is 0 Å². The maximum atomic E-state index is 6.82. The highest BCUT2D eigenvalue weighted by Gasteiger charge is 2.65. The van der Waals surface area contributed by atoms with Crippen molar-refractivity contribution in [1.29, 1.82) is 0 Å². The lowest BCUT2D eigenvalue weighted by Gasteiger charge is -2.61. The van der Waals surface area contributed by atoms with Gasteiger partial charge in [0.1, 0.15) is 5.60 Å². The molecule has 4 fully saturated rings. The van der Waals surface area contributed by atoms with Gasteiger partial charge in [0, 0.05) is 17.6 Å². The summed E-state index contributed by atoms with van der Waals surface area (Å²) in [5, 5.41) is 0. The van der Waals surface area contributed by atoms with Gasteiger partial charge in [-0.1, -0.05) is 26.7 Å². The zero-order valence-electron chi connectivity index (χ0n) is 18.6. The van der Waals surface area contributed by atoms with Crippen molar-refractivity contribution >= 4 is 0 Å². The highest BCUT2D eigenvalue weighted by molar-refractivity contribution is 5.27. The average Bonchev–Trinajstić information content (AvgIpc) is 3.35. The van der Waals surface area contributed by atoms with Crippen LogP contribution in [0.25, 0.3) is 0 Å². The molecule has 0 aromatic carbocycles. The van der Waals surface area contributed by atoms with Crippen molar-refractivity contribution < 1.29 is 9.15 Å². The molecule has 3 nitrogen and oxygen atoms in total. The zero-order valence-corrected chi connectivity index (χ0v) is 18.6. The number of hydrogen-bond acceptors (Lipinski definition) is 3. The minimum Gasteiger partial charge on any atom is -0.472 e. The van der Waals surface area contributed by atoms with Crippen LogP contribution in [0.1, 0.15) is 90.0 Å². The van der Waals surface area contributed by atoms with Crippen LogP contribution < -0.4 is 5.73 Å². The van der Waals surface area contributed by atoms with Crippen LogP contribution in [0.3, 0.4) is 0 Å². The van der Waals surface area contributed by atoms with E-state index in [-0.39, 0.29) is 11.0 Å². The van der Waals surface area contributed by atoms with E-state index >= 15 is 0 Å². The van der Waals surface area contributed by atoms with Gasteiger partial charge < -0.3 is 14.9 Å². The molecule has 7 atom stereocenters. The monoisotopic (exact) mass is 399 g/mol. The zero-order chi connectivity index (χ0) is 20.1. The van der Waals surface area contributed by atoms with Crippen LogP contribution in [0.5, 0.6) is 0 Å². The third-order valence-corrected chi connectivity index (χ3v) is 10.4. The Balaban J connectivity index is 1.47. The van der Waals surface area contributed by atoms with Crippen molar-refractivity contribution in [1.82, 2.24) is 0 Å². The molecule has 0 unspecified atom stereocenters. The van der Waals surface area contributed by atoms with Crippen LogP contribution in [-0.4, -0.2) is 13.2 Å². The first-order chi connectivity index (χ1) is 14.1. The lowest BCUT2D eigenvalue weighted by Crippen LogP contribution is -2.55. The Kier molecular flexibility index (Phi) is 5.14. The largest absolute Gasteiger partial charge is 0.472 e.